The predicted octanol–water partition coefficient (Wildman–Crippen LogP) is 1.63. The Bertz CT molecular complexity index is 912. The summed E-state index contributed by atoms with van der Waals surface area (Å²) in [4.78, 5) is 13.8. The number of halogens is 1. The molecule has 0 unspecified atom stereocenters. The van der Waals surface area contributed by atoms with Crippen molar-refractivity contribution in [3.63, 3.8) is 0 Å². The van der Waals surface area contributed by atoms with Gasteiger partial charge in [0.15, 0.2) is 0 Å². The van der Waals surface area contributed by atoms with Gasteiger partial charge >= 0.3 is 0 Å². The van der Waals surface area contributed by atoms with Crippen molar-refractivity contribution in [3.05, 3.63) is 51.4 Å². The topological polar surface area (TPSA) is 86.4 Å². The number of nitrogens with one attached hydrogen (secondary N) is 1. The van der Waals surface area contributed by atoms with Gasteiger partial charge in [-0.15, -0.1) is 0 Å². The van der Waals surface area contributed by atoms with E-state index in [-0.39, 0.29) is 5.02 Å². The second-order valence-corrected chi connectivity index (χ2v) is 8.27. The van der Waals surface area contributed by atoms with Crippen molar-refractivity contribution in [1.82, 2.24) is 14.5 Å². The summed E-state index contributed by atoms with van der Waals surface area (Å²) in [7, 11) is -3.54. The third kappa shape index (κ3) is 3.70. The van der Waals surface area contributed by atoms with Crippen molar-refractivity contribution >= 4 is 27.3 Å². The average molecular weight is 383 g/mol. The Balaban J connectivity index is 1.80. The lowest BCUT2D eigenvalue weighted by Gasteiger charge is -2.23. The molecule has 25 heavy (non-hydrogen) atoms. The van der Waals surface area contributed by atoms with Gasteiger partial charge < -0.3 is 4.90 Å². The van der Waals surface area contributed by atoms with Crippen LogP contribution in [0.5, 0.6) is 0 Å². The smallest absolute Gasteiger partial charge is 0.285 e. The molecule has 0 radical (unpaired) electrons. The minimum atomic E-state index is -3.54. The number of anilines is 1. The summed E-state index contributed by atoms with van der Waals surface area (Å²) < 4.78 is 27.1. The highest BCUT2D eigenvalue weighted by atomic mass is 35.5. The van der Waals surface area contributed by atoms with E-state index in [1.165, 1.54) is 10.5 Å². The molecule has 1 N–H and O–H groups in total. The lowest BCUT2D eigenvalue weighted by molar-refractivity contribution is 0.433. The monoisotopic (exact) mass is 382 g/mol. The fourth-order valence-corrected chi connectivity index (χ4v) is 4.51. The number of benzene rings is 1. The molecule has 0 spiro atoms. The molecular weight excluding hydrogens is 364 g/mol. The molecule has 9 heteroatoms. The lowest BCUT2D eigenvalue weighted by atomic mass is 10.2. The third-order valence-electron chi connectivity index (χ3n) is 4.23. The number of aromatic amines is 1. The third-order valence-corrected chi connectivity index (χ3v) is 6.51. The molecule has 1 aliphatic heterocycles. The van der Waals surface area contributed by atoms with Crippen molar-refractivity contribution in [1.29, 1.82) is 0 Å². The van der Waals surface area contributed by atoms with Crippen molar-refractivity contribution in [2.45, 2.75) is 18.2 Å². The fourth-order valence-electron chi connectivity index (χ4n) is 2.83. The van der Waals surface area contributed by atoms with Crippen LogP contribution in [0, 0.1) is 6.92 Å². The number of nitrogens with zero attached hydrogens (tertiary/aromatic N) is 3. The molecule has 1 aromatic carbocycles. The van der Waals surface area contributed by atoms with E-state index in [1.807, 2.05) is 11.8 Å². The molecule has 1 fully saturated rings. The van der Waals surface area contributed by atoms with Crippen LogP contribution in [-0.2, 0) is 10.0 Å². The van der Waals surface area contributed by atoms with Crippen LogP contribution >= 0.6 is 11.6 Å². The zero-order valence-corrected chi connectivity index (χ0v) is 15.3. The molecule has 0 saturated carbocycles. The van der Waals surface area contributed by atoms with Gasteiger partial charge in [-0.1, -0.05) is 29.3 Å². The van der Waals surface area contributed by atoms with E-state index in [2.05, 4.69) is 10.2 Å². The maximum absolute atomic E-state index is 12.8. The molecular formula is C16H19ClN4O3S. The standard InChI is InChI=1S/C16H19ClN4O3S/c1-12-3-5-13(6-4-12)25(23,24)21-8-2-7-20(9-10-21)14-11-18-19-16(22)15(14)17/h3-6,11H,2,7-10H2,1H3,(H,19,22). The lowest BCUT2D eigenvalue weighted by Crippen LogP contribution is -2.35. The fraction of sp³-hybridized carbons (Fsp3) is 0.375. The molecule has 2 aromatic rings. The molecule has 0 aliphatic carbocycles. The van der Waals surface area contributed by atoms with Gasteiger partial charge in [-0.05, 0) is 25.5 Å². The minimum Gasteiger partial charge on any atom is -0.367 e. The summed E-state index contributed by atoms with van der Waals surface area (Å²) in [5.41, 5.74) is 1.09. The van der Waals surface area contributed by atoms with Crippen molar-refractivity contribution in [2.24, 2.45) is 0 Å². The van der Waals surface area contributed by atoms with Gasteiger partial charge in [-0.25, -0.2) is 13.5 Å². The molecule has 0 amide bonds. The SMILES string of the molecule is Cc1ccc(S(=O)(=O)N2CCCN(c3cn[nH]c(=O)c3Cl)CC2)cc1. The van der Waals surface area contributed by atoms with Crippen molar-refractivity contribution in [3.8, 4) is 0 Å². The molecule has 3 rings (SSSR count). The summed E-state index contributed by atoms with van der Waals surface area (Å²) in [5.74, 6) is 0. The largest absolute Gasteiger partial charge is 0.367 e. The zero-order valence-electron chi connectivity index (χ0n) is 13.8. The van der Waals surface area contributed by atoms with Gasteiger partial charge in [0.25, 0.3) is 5.56 Å². The number of H-pyrrole nitrogens is 1. The minimum absolute atomic E-state index is 0.0739. The number of aromatic nitrogens is 2. The number of hydrogen-bond acceptors (Lipinski definition) is 5. The van der Waals surface area contributed by atoms with E-state index in [9.17, 15) is 13.2 Å². The molecule has 7 nitrogen and oxygen atoms in total. The van der Waals surface area contributed by atoms with Crippen LogP contribution in [0.1, 0.15) is 12.0 Å². The van der Waals surface area contributed by atoms with Crippen LogP contribution in [-0.4, -0.2) is 49.1 Å². The first-order valence-electron chi connectivity index (χ1n) is 7.94. The first-order chi connectivity index (χ1) is 11.9. The van der Waals surface area contributed by atoms with Crippen LogP contribution in [0.25, 0.3) is 0 Å². The van der Waals surface area contributed by atoms with E-state index < -0.39 is 15.6 Å². The Morgan fingerprint density at radius 2 is 1.84 bits per heavy atom. The molecule has 2 heterocycles. The molecule has 0 bridgehead atoms. The highest BCUT2D eigenvalue weighted by Gasteiger charge is 2.27. The first kappa shape index (κ1) is 17.9. The quantitative estimate of drug-likeness (QED) is 0.871. The van der Waals surface area contributed by atoms with Crippen LogP contribution in [0.3, 0.4) is 0 Å². The predicted molar refractivity (Wildman–Crippen MR) is 96.6 cm³/mol. The Kier molecular flexibility index (Phi) is 5.12. The Morgan fingerprint density at radius 3 is 2.56 bits per heavy atom. The van der Waals surface area contributed by atoms with E-state index in [1.54, 1.807) is 24.3 Å². The maximum atomic E-state index is 12.8. The average Bonchev–Trinajstić information content (AvgIpc) is 2.84. The molecule has 0 atom stereocenters. The summed E-state index contributed by atoms with van der Waals surface area (Å²) >= 11 is 6.06. The Morgan fingerprint density at radius 1 is 1.12 bits per heavy atom. The van der Waals surface area contributed by atoms with E-state index in [0.717, 1.165) is 5.56 Å². The highest BCUT2D eigenvalue weighted by molar-refractivity contribution is 7.89. The number of sulfonamides is 1. The summed E-state index contributed by atoms with van der Waals surface area (Å²) in [6, 6.07) is 6.84. The summed E-state index contributed by atoms with van der Waals surface area (Å²) in [6.45, 7) is 3.69. The molecule has 134 valence electrons. The summed E-state index contributed by atoms with van der Waals surface area (Å²) in [5, 5.41) is 6.14. The van der Waals surface area contributed by atoms with Gasteiger partial charge in [0, 0.05) is 26.2 Å². The molecule has 1 aromatic heterocycles. The number of hydrogen-bond donors (Lipinski definition) is 1. The van der Waals surface area contributed by atoms with Crippen molar-refractivity contribution < 1.29 is 8.42 Å². The van der Waals surface area contributed by atoms with E-state index >= 15 is 0 Å². The zero-order chi connectivity index (χ0) is 18.0. The van der Waals surface area contributed by atoms with Crippen molar-refractivity contribution in [2.75, 3.05) is 31.1 Å². The maximum Gasteiger partial charge on any atom is 0.285 e. The molecule has 1 saturated heterocycles. The van der Waals surface area contributed by atoms with E-state index in [0.29, 0.717) is 43.2 Å². The van der Waals surface area contributed by atoms with Gasteiger partial charge in [-0.2, -0.15) is 9.40 Å². The Labute approximate surface area is 151 Å². The second kappa shape index (κ2) is 7.15. The first-order valence-corrected chi connectivity index (χ1v) is 9.76. The van der Waals surface area contributed by atoms with Gasteiger partial charge in [0.05, 0.1) is 16.8 Å². The molecule has 1 aliphatic rings. The number of rotatable bonds is 3. The van der Waals surface area contributed by atoms with Crippen LogP contribution in [0.15, 0.2) is 40.2 Å². The van der Waals surface area contributed by atoms with Gasteiger partial charge in [0.1, 0.15) is 5.02 Å². The van der Waals surface area contributed by atoms with Crippen LogP contribution in [0.2, 0.25) is 5.02 Å². The number of aryl methyl sites for hydroxylation is 1. The second-order valence-electron chi connectivity index (χ2n) is 5.96. The Hall–Kier alpha value is -1.90. The highest BCUT2D eigenvalue weighted by Crippen LogP contribution is 2.24. The normalized spacial score (nSPS) is 16.6. The van der Waals surface area contributed by atoms with Gasteiger partial charge in [-0.3, -0.25) is 4.79 Å². The summed E-state index contributed by atoms with van der Waals surface area (Å²) in [6.07, 6.45) is 2.13. The van der Waals surface area contributed by atoms with E-state index in [4.69, 9.17) is 11.6 Å². The van der Waals surface area contributed by atoms with Crippen LogP contribution < -0.4 is 10.5 Å². The van der Waals surface area contributed by atoms with Gasteiger partial charge in [0.2, 0.25) is 10.0 Å². The van der Waals surface area contributed by atoms with Crippen LogP contribution in [0.4, 0.5) is 5.69 Å².